The van der Waals surface area contributed by atoms with Gasteiger partial charge < -0.3 is 4.18 Å². The van der Waals surface area contributed by atoms with Crippen LogP contribution in [-0.4, -0.2) is 14.2 Å². The molecule has 0 aliphatic carbocycles. The van der Waals surface area contributed by atoms with Gasteiger partial charge in [-0.1, -0.05) is 24.9 Å². The van der Waals surface area contributed by atoms with E-state index in [0.29, 0.717) is 6.42 Å². The fourth-order valence-corrected chi connectivity index (χ4v) is 1.90. The van der Waals surface area contributed by atoms with Crippen molar-refractivity contribution in [2.45, 2.75) is 19.8 Å². The summed E-state index contributed by atoms with van der Waals surface area (Å²) in [6, 6.07) is 0. The van der Waals surface area contributed by atoms with Crippen molar-refractivity contribution in [3.63, 3.8) is 0 Å². The van der Waals surface area contributed by atoms with Crippen LogP contribution in [0.2, 0.25) is 0 Å². The quantitative estimate of drug-likeness (QED) is 0.541. The van der Waals surface area contributed by atoms with Gasteiger partial charge in [0.1, 0.15) is 0 Å². The number of hydrogen-bond donors (Lipinski definition) is 0. The molecule has 0 aliphatic rings. The number of unbranched alkanes of at least 4 members (excludes halogenated alkanes) is 1. The van der Waals surface area contributed by atoms with Gasteiger partial charge in [-0.2, -0.15) is 8.42 Å². The topological polar surface area (TPSA) is 43.4 Å². The van der Waals surface area contributed by atoms with Crippen LogP contribution in [0, 0.1) is 0 Å². The maximum atomic E-state index is 11.0. The summed E-state index contributed by atoms with van der Waals surface area (Å²) in [5.41, 5.74) is 0.866. The molecule has 0 N–H and O–H groups in total. The largest absolute Gasteiger partial charge is 0.369 e. The summed E-state index contributed by atoms with van der Waals surface area (Å²) in [5.74, 6) is -0.0373. The molecule has 0 fully saturated rings. The lowest BCUT2D eigenvalue weighted by atomic mass is 10.4. The second-order valence-corrected chi connectivity index (χ2v) is 4.39. The van der Waals surface area contributed by atoms with E-state index in [1.54, 1.807) is 0 Å². The maximum absolute atomic E-state index is 11.0. The van der Waals surface area contributed by atoms with Crippen molar-refractivity contribution in [3.05, 3.63) is 10.8 Å². The number of rotatable bonds is 5. The summed E-state index contributed by atoms with van der Waals surface area (Å²) in [5, 5.41) is -0.326. The molecule has 0 aromatic carbocycles. The molecule has 0 aliphatic heterocycles. The van der Waals surface area contributed by atoms with E-state index in [1.165, 1.54) is 0 Å². The first-order valence-electron chi connectivity index (χ1n) is 3.40. The minimum absolute atomic E-state index is 0.0373. The predicted octanol–water partition coefficient (Wildman–Crippen LogP) is 2.41. The third kappa shape index (κ3) is 5.69. The normalized spacial score (nSPS) is 13.1. The molecular weight excluding hydrogens is 223 g/mol. The molecule has 0 heterocycles. The van der Waals surface area contributed by atoms with Crippen LogP contribution in [-0.2, 0) is 14.3 Å². The lowest BCUT2D eigenvalue weighted by Crippen LogP contribution is -2.08. The molecule has 0 rings (SSSR count). The molecule has 3 nitrogen and oxygen atoms in total. The summed E-state index contributed by atoms with van der Waals surface area (Å²) in [4.78, 5) is 0. The minimum atomic E-state index is -3.54. The van der Waals surface area contributed by atoms with Crippen LogP contribution in [0.25, 0.3) is 0 Å². The first-order valence-corrected chi connectivity index (χ1v) is 5.79. The van der Waals surface area contributed by atoms with Crippen LogP contribution in [0.5, 0.6) is 0 Å². The molecule has 0 bridgehead atoms. The molecule has 0 radical (unpaired) electrons. The summed E-state index contributed by atoms with van der Waals surface area (Å²) in [6.07, 6.45) is 1.33. The van der Waals surface area contributed by atoms with E-state index in [2.05, 4.69) is 4.18 Å². The highest BCUT2D eigenvalue weighted by molar-refractivity contribution is 7.86. The van der Waals surface area contributed by atoms with Crippen LogP contribution >= 0.6 is 23.2 Å². The van der Waals surface area contributed by atoms with E-state index < -0.39 is 10.1 Å². The lowest BCUT2D eigenvalue weighted by molar-refractivity contribution is 0.431. The summed E-state index contributed by atoms with van der Waals surface area (Å²) in [6.45, 7) is 1.88. The van der Waals surface area contributed by atoms with E-state index in [9.17, 15) is 8.42 Å². The smallest absolute Gasteiger partial charge is 0.310 e. The average molecular weight is 233 g/mol. The molecule has 0 saturated carbocycles. The van der Waals surface area contributed by atoms with Gasteiger partial charge >= 0.3 is 10.1 Å². The van der Waals surface area contributed by atoms with Gasteiger partial charge in [-0.3, -0.25) is 0 Å². The first-order chi connectivity index (χ1) is 5.52. The zero-order valence-corrected chi connectivity index (χ0v) is 8.92. The van der Waals surface area contributed by atoms with Crippen molar-refractivity contribution in [1.82, 2.24) is 0 Å². The molecule has 0 aromatic rings. The SMILES string of the molecule is CCCCS(=O)(=O)OC(Cl)=CCl. The fraction of sp³-hybridized carbons (Fsp3) is 0.667. The van der Waals surface area contributed by atoms with Crippen molar-refractivity contribution in [2.24, 2.45) is 0 Å². The maximum Gasteiger partial charge on any atom is 0.310 e. The van der Waals surface area contributed by atoms with Crippen LogP contribution in [0.3, 0.4) is 0 Å². The second kappa shape index (κ2) is 5.67. The lowest BCUT2D eigenvalue weighted by Gasteiger charge is -2.02. The van der Waals surface area contributed by atoms with Crippen molar-refractivity contribution in [2.75, 3.05) is 5.75 Å². The Morgan fingerprint density at radius 3 is 2.58 bits per heavy atom. The van der Waals surface area contributed by atoms with Gasteiger partial charge in [0.05, 0.1) is 11.3 Å². The molecule has 0 amide bonds. The Morgan fingerprint density at radius 2 is 2.17 bits per heavy atom. The number of halogens is 2. The van der Waals surface area contributed by atoms with Crippen LogP contribution in [0.1, 0.15) is 19.8 Å². The van der Waals surface area contributed by atoms with Gasteiger partial charge in [0, 0.05) is 0 Å². The zero-order chi connectivity index (χ0) is 9.61. The highest BCUT2D eigenvalue weighted by Gasteiger charge is 2.11. The Bertz CT molecular complexity index is 246. The van der Waals surface area contributed by atoms with Gasteiger partial charge in [0.15, 0.2) is 0 Å². The van der Waals surface area contributed by atoms with Crippen LogP contribution in [0.4, 0.5) is 0 Å². The van der Waals surface area contributed by atoms with Gasteiger partial charge in [-0.15, -0.1) is 0 Å². The standard InChI is InChI=1S/C6H10Cl2O3S/c1-2-3-4-12(9,10)11-6(8)5-7/h5H,2-4H2,1H3. The molecule has 0 saturated heterocycles. The molecule has 0 aromatic heterocycles. The van der Waals surface area contributed by atoms with E-state index >= 15 is 0 Å². The van der Waals surface area contributed by atoms with Crippen LogP contribution in [0.15, 0.2) is 10.8 Å². The Kier molecular flexibility index (Phi) is 5.70. The zero-order valence-electron chi connectivity index (χ0n) is 6.59. The highest BCUT2D eigenvalue weighted by Crippen LogP contribution is 2.11. The summed E-state index contributed by atoms with van der Waals surface area (Å²) >= 11 is 10.4. The van der Waals surface area contributed by atoms with E-state index in [0.717, 1.165) is 12.0 Å². The fourth-order valence-electron chi connectivity index (χ4n) is 0.502. The van der Waals surface area contributed by atoms with Crippen molar-refractivity contribution >= 4 is 33.3 Å². The molecule has 72 valence electrons. The minimum Gasteiger partial charge on any atom is -0.369 e. The van der Waals surface area contributed by atoms with Crippen molar-refractivity contribution < 1.29 is 12.6 Å². The van der Waals surface area contributed by atoms with Gasteiger partial charge in [0.2, 0.25) is 5.22 Å². The molecular formula is C6H10Cl2O3S. The molecule has 0 atom stereocenters. The van der Waals surface area contributed by atoms with Gasteiger partial charge in [-0.25, -0.2) is 0 Å². The van der Waals surface area contributed by atoms with E-state index in [-0.39, 0.29) is 11.0 Å². The highest BCUT2D eigenvalue weighted by atomic mass is 35.5. The number of hydrogen-bond acceptors (Lipinski definition) is 3. The summed E-state index contributed by atoms with van der Waals surface area (Å²) in [7, 11) is -3.54. The molecule has 6 heteroatoms. The Hall–Kier alpha value is 0.0700. The molecule has 0 spiro atoms. The van der Waals surface area contributed by atoms with Crippen LogP contribution < -0.4 is 0 Å². The predicted molar refractivity (Wildman–Crippen MR) is 49.6 cm³/mol. The first kappa shape index (κ1) is 12.1. The van der Waals surface area contributed by atoms with E-state index in [1.807, 2.05) is 6.92 Å². The van der Waals surface area contributed by atoms with Crippen molar-refractivity contribution in [3.8, 4) is 0 Å². The van der Waals surface area contributed by atoms with E-state index in [4.69, 9.17) is 23.2 Å². The van der Waals surface area contributed by atoms with Gasteiger partial charge in [0.25, 0.3) is 0 Å². The van der Waals surface area contributed by atoms with Crippen molar-refractivity contribution in [1.29, 1.82) is 0 Å². The Balaban J connectivity index is 4.06. The Morgan fingerprint density at radius 1 is 1.58 bits per heavy atom. The third-order valence-electron chi connectivity index (χ3n) is 1.04. The van der Waals surface area contributed by atoms with Gasteiger partial charge in [-0.05, 0) is 18.0 Å². The molecule has 0 unspecified atom stereocenters. The monoisotopic (exact) mass is 232 g/mol. The summed E-state index contributed by atoms with van der Waals surface area (Å²) < 4.78 is 26.3. The second-order valence-electron chi connectivity index (χ2n) is 2.11. The third-order valence-corrected chi connectivity index (χ3v) is 2.85. The molecule has 12 heavy (non-hydrogen) atoms. The average Bonchev–Trinajstić information content (AvgIpc) is 2.00. The Labute approximate surface area is 82.4 Å².